The first-order chi connectivity index (χ1) is 26.9. The Morgan fingerprint density at radius 1 is 0.429 bits per heavy atom. The van der Waals surface area contributed by atoms with E-state index in [2.05, 4.69) is 21.3 Å². The third-order valence-corrected chi connectivity index (χ3v) is 11.2. The summed E-state index contributed by atoms with van der Waals surface area (Å²) < 4.78 is 10.5. The molecular weight excluding hydrogens is 713 g/mol. The number of carbonyl (C=O) groups is 6. The summed E-state index contributed by atoms with van der Waals surface area (Å²) in [6.45, 7) is 4.37. The molecule has 0 bridgehead atoms. The Labute approximate surface area is 325 Å². The van der Waals surface area contributed by atoms with Crippen LogP contribution in [0.25, 0.3) is 0 Å². The second-order valence-electron chi connectivity index (χ2n) is 14.5. The number of hydrogen-bond donors (Lipinski definition) is 4. The smallest absolute Gasteiger partial charge is 0.309 e. The average molecular weight is 759 g/mol. The maximum Gasteiger partial charge on any atom is 0.309 e. The molecule has 12 nitrogen and oxygen atoms in total. The molecule has 4 unspecified atom stereocenters. The molecule has 0 spiro atoms. The molecule has 0 aliphatic heterocycles. The molecule has 0 aromatic heterocycles. The molecule has 4 aromatic carbocycles. The van der Waals surface area contributed by atoms with E-state index in [4.69, 9.17) is 9.47 Å². The van der Waals surface area contributed by atoms with Crippen molar-refractivity contribution in [3.05, 3.63) is 119 Å². The molecule has 2 fully saturated rings. The molecular formula is C44H46N4O8. The second kappa shape index (κ2) is 16.6. The number of ether oxygens (including phenoxy) is 2. The van der Waals surface area contributed by atoms with Crippen molar-refractivity contribution in [2.75, 3.05) is 42.5 Å². The van der Waals surface area contributed by atoms with Gasteiger partial charge < -0.3 is 30.7 Å². The number of ketones is 1. The molecule has 4 aromatic rings. The van der Waals surface area contributed by atoms with Crippen LogP contribution in [-0.2, 0) is 38.2 Å². The van der Waals surface area contributed by atoms with Gasteiger partial charge in [-0.15, -0.1) is 0 Å². The summed E-state index contributed by atoms with van der Waals surface area (Å²) in [5, 5.41) is 11.6. The standard InChI is InChI=1S/C44H46N4O8/c1-23(49)34-35(26-9-17-31(18-10-26)46-24(2)50)39(36(34)27-11-19-32(20-12-27)47-25(3)51)42(52)48-33-21-13-29(14-22-33)38-40(43(53)55-5)37(41(38)44(54)56-6)28-7-15-30(45-4)16-8-28/h7-22,34-41,45H,1-6H3,(H,46,50)(H,47,51)(H,48,52). The number of benzene rings is 4. The fourth-order valence-corrected chi connectivity index (χ4v) is 8.72. The van der Waals surface area contributed by atoms with Gasteiger partial charge in [0, 0.05) is 73.2 Å². The van der Waals surface area contributed by atoms with E-state index in [0.717, 1.165) is 22.4 Å². The Hall–Kier alpha value is -6.30. The van der Waals surface area contributed by atoms with Gasteiger partial charge in [0.15, 0.2) is 0 Å². The maximum atomic E-state index is 14.4. The Morgan fingerprint density at radius 3 is 1.02 bits per heavy atom. The molecule has 3 amide bonds. The highest BCUT2D eigenvalue weighted by atomic mass is 16.5. The van der Waals surface area contributed by atoms with Crippen LogP contribution in [0.1, 0.15) is 66.7 Å². The van der Waals surface area contributed by atoms with E-state index in [9.17, 15) is 28.8 Å². The first-order valence-electron chi connectivity index (χ1n) is 18.5. The first kappa shape index (κ1) is 39.4. The maximum absolute atomic E-state index is 14.4. The minimum absolute atomic E-state index is 0.0672. The zero-order valence-corrected chi connectivity index (χ0v) is 32.1. The lowest BCUT2D eigenvalue weighted by atomic mass is 9.51. The summed E-state index contributed by atoms with van der Waals surface area (Å²) in [7, 11) is 4.47. The van der Waals surface area contributed by atoms with Crippen molar-refractivity contribution < 1.29 is 38.2 Å². The fraction of sp³-hybridized carbons (Fsp3) is 0.318. The Morgan fingerprint density at radius 2 is 0.732 bits per heavy atom. The number of nitrogens with one attached hydrogen (secondary N) is 4. The number of carbonyl (C=O) groups excluding carboxylic acids is 6. The van der Waals surface area contributed by atoms with E-state index in [0.29, 0.717) is 22.6 Å². The van der Waals surface area contributed by atoms with Crippen LogP contribution in [0.15, 0.2) is 97.1 Å². The van der Waals surface area contributed by atoms with Gasteiger partial charge in [-0.1, -0.05) is 48.5 Å². The molecule has 4 N–H and O–H groups in total. The van der Waals surface area contributed by atoms with Crippen molar-refractivity contribution in [2.24, 2.45) is 23.7 Å². The molecule has 4 atom stereocenters. The Balaban J connectivity index is 1.30. The minimum Gasteiger partial charge on any atom is -0.469 e. The fourth-order valence-electron chi connectivity index (χ4n) is 8.72. The van der Waals surface area contributed by atoms with Gasteiger partial charge in [-0.2, -0.15) is 0 Å². The van der Waals surface area contributed by atoms with Crippen molar-refractivity contribution >= 4 is 58.2 Å². The Bertz CT molecular complexity index is 2020. The first-order valence-corrected chi connectivity index (χ1v) is 18.5. The average Bonchev–Trinajstić information content (AvgIpc) is 3.15. The van der Waals surface area contributed by atoms with E-state index < -0.39 is 59.3 Å². The largest absolute Gasteiger partial charge is 0.469 e. The predicted molar refractivity (Wildman–Crippen MR) is 212 cm³/mol. The summed E-state index contributed by atoms with van der Waals surface area (Å²) in [6, 6.07) is 28.9. The van der Waals surface area contributed by atoms with Gasteiger partial charge in [0.05, 0.1) is 32.0 Å². The van der Waals surface area contributed by atoms with Crippen LogP contribution in [-0.4, -0.2) is 56.7 Å². The number of hydrogen-bond acceptors (Lipinski definition) is 9. The molecule has 2 saturated carbocycles. The summed E-state index contributed by atoms with van der Waals surface area (Å²) in [4.78, 5) is 77.5. The van der Waals surface area contributed by atoms with Crippen molar-refractivity contribution in [2.45, 2.75) is 44.4 Å². The van der Waals surface area contributed by atoms with Crippen molar-refractivity contribution in [1.29, 1.82) is 0 Å². The summed E-state index contributed by atoms with van der Waals surface area (Å²) in [6.07, 6.45) is 0. The highest BCUT2D eigenvalue weighted by Gasteiger charge is 2.60. The highest BCUT2D eigenvalue weighted by Crippen LogP contribution is 2.60. The number of esters is 2. The monoisotopic (exact) mass is 758 g/mol. The van der Waals surface area contributed by atoms with Gasteiger partial charge in [0.2, 0.25) is 17.7 Å². The molecule has 2 aliphatic rings. The predicted octanol–water partition coefficient (Wildman–Crippen LogP) is 6.45. The number of anilines is 4. The SMILES string of the molecule is CNc1ccc(C2C(C(=O)OC)C(c3ccc(NC(=O)C4C(c5ccc(NC(C)=O)cc5)C(C(C)=O)C4c4ccc(NC(C)=O)cc4)cc3)C2C(=O)OC)cc1. The molecule has 0 heterocycles. The van der Waals surface area contributed by atoms with Crippen LogP contribution in [0.3, 0.4) is 0 Å². The van der Waals surface area contributed by atoms with Crippen molar-refractivity contribution in [3.63, 3.8) is 0 Å². The van der Waals surface area contributed by atoms with Crippen LogP contribution in [0.2, 0.25) is 0 Å². The summed E-state index contributed by atoms with van der Waals surface area (Å²) in [5.41, 5.74) is 5.67. The van der Waals surface area contributed by atoms with E-state index in [1.165, 1.54) is 35.0 Å². The van der Waals surface area contributed by atoms with E-state index in [1.54, 1.807) is 48.5 Å². The van der Waals surface area contributed by atoms with Gasteiger partial charge in [-0.05, 0) is 77.7 Å². The van der Waals surface area contributed by atoms with Crippen LogP contribution in [0, 0.1) is 23.7 Å². The molecule has 290 valence electrons. The van der Waals surface area contributed by atoms with Gasteiger partial charge in [-0.25, -0.2) is 0 Å². The van der Waals surface area contributed by atoms with Gasteiger partial charge in [-0.3, -0.25) is 28.8 Å². The summed E-state index contributed by atoms with van der Waals surface area (Å²) in [5.74, 6) is -6.08. The molecule has 12 heteroatoms. The van der Waals surface area contributed by atoms with Gasteiger partial charge in [0.25, 0.3) is 0 Å². The van der Waals surface area contributed by atoms with Crippen LogP contribution < -0.4 is 21.3 Å². The topological polar surface area (TPSA) is 169 Å². The second-order valence-corrected chi connectivity index (χ2v) is 14.5. The Kier molecular flexibility index (Phi) is 11.7. The van der Waals surface area contributed by atoms with E-state index in [-0.39, 0.29) is 23.5 Å². The lowest BCUT2D eigenvalue weighted by Crippen LogP contribution is -2.52. The lowest BCUT2D eigenvalue weighted by Gasteiger charge is -2.50. The van der Waals surface area contributed by atoms with E-state index >= 15 is 0 Å². The van der Waals surface area contributed by atoms with Crippen LogP contribution in [0.4, 0.5) is 22.7 Å². The van der Waals surface area contributed by atoms with Gasteiger partial charge >= 0.3 is 11.9 Å². The molecule has 0 radical (unpaired) electrons. The van der Waals surface area contributed by atoms with Crippen molar-refractivity contribution in [3.8, 4) is 0 Å². The third kappa shape index (κ3) is 7.77. The minimum atomic E-state index is -0.657. The molecule has 2 aliphatic carbocycles. The lowest BCUT2D eigenvalue weighted by molar-refractivity contribution is -0.164. The zero-order valence-electron chi connectivity index (χ0n) is 32.1. The summed E-state index contributed by atoms with van der Waals surface area (Å²) >= 11 is 0. The van der Waals surface area contributed by atoms with Gasteiger partial charge in [0.1, 0.15) is 5.78 Å². The number of amides is 3. The van der Waals surface area contributed by atoms with Crippen LogP contribution >= 0.6 is 0 Å². The van der Waals surface area contributed by atoms with E-state index in [1.807, 2.05) is 55.6 Å². The molecule has 6 rings (SSSR count). The third-order valence-electron chi connectivity index (χ3n) is 11.2. The number of Topliss-reactive ketones (excluding diaryl/α,β-unsaturated/α-hetero) is 1. The molecule has 56 heavy (non-hydrogen) atoms. The number of rotatable bonds is 12. The molecule has 0 saturated heterocycles. The van der Waals surface area contributed by atoms with Crippen LogP contribution in [0.5, 0.6) is 0 Å². The normalized spacial score (nSPS) is 23.6. The van der Waals surface area contributed by atoms with Crippen molar-refractivity contribution in [1.82, 2.24) is 0 Å². The quantitative estimate of drug-likeness (QED) is 0.119. The number of methoxy groups -OCH3 is 2. The zero-order chi connectivity index (χ0) is 40.3. The highest BCUT2D eigenvalue weighted by molar-refractivity contribution is 5.98.